The Kier molecular flexibility index (Phi) is 4.41. The van der Waals surface area contributed by atoms with Crippen LogP contribution < -0.4 is 5.32 Å². The van der Waals surface area contributed by atoms with Crippen LogP contribution in [-0.4, -0.2) is 21.0 Å². The monoisotopic (exact) mass is 278 g/mol. The minimum atomic E-state index is -0.504. The summed E-state index contributed by atoms with van der Waals surface area (Å²) in [5, 5.41) is 14.1. The van der Waals surface area contributed by atoms with Gasteiger partial charge in [-0.3, -0.25) is 10.1 Å². The van der Waals surface area contributed by atoms with Crippen LogP contribution >= 0.6 is 0 Å². The van der Waals surface area contributed by atoms with Gasteiger partial charge in [0.1, 0.15) is 11.6 Å². The molecular formula is C13H15FN4O2. The van der Waals surface area contributed by atoms with Gasteiger partial charge in [0.25, 0.3) is 5.69 Å². The van der Waals surface area contributed by atoms with Crippen molar-refractivity contribution in [1.82, 2.24) is 14.9 Å². The zero-order chi connectivity index (χ0) is 14.5. The van der Waals surface area contributed by atoms with Gasteiger partial charge in [-0.05, 0) is 18.7 Å². The Morgan fingerprint density at radius 1 is 1.50 bits per heavy atom. The van der Waals surface area contributed by atoms with Crippen molar-refractivity contribution in [2.45, 2.75) is 20.0 Å². The average molecular weight is 278 g/mol. The van der Waals surface area contributed by atoms with Crippen LogP contribution in [0.25, 0.3) is 0 Å². The molecule has 0 amide bonds. The fourth-order valence-corrected chi connectivity index (χ4v) is 1.93. The van der Waals surface area contributed by atoms with Crippen molar-refractivity contribution in [3.8, 4) is 0 Å². The lowest BCUT2D eigenvalue weighted by atomic mass is 10.1. The topological polar surface area (TPSA) is 73.0 Å². The first-order valence-electron chi connectivity index (χ1n) is 6.25. The number of benzene rings is 1. The molecule has 0 spiro atoms. The number of nitro groups is 1. The smallest absolute Gasteiger partial charge is 0.274 e. The summed E-state index contributed by atoms with van der Waals surface area (Å²) in [5.74, 6) is 0.268. The van der Waals surface area contributed by atoms with E-state index in [0.717, 1.165) is 18.4 Å². The van der Waals surface area contributed by atoms with E-state index in [1.165, 1.54) is 12.1 Å². The van der Waals surface area contributed by atoms with Crippen molar-refractivity contribution >= 4 is 5.69 Å². The molecule has 0 aliphatic carbocycles. The highest BCUT2D eigenvalue weighted by atomic mass is 19.1. The summed E-state index contributed by atoms with van der Waals surface area (Å²) in [5.41, 5.74) is 0.236. The molecule has 1 heterocycles. The molecule has 0 saturated heterocycles. The van der Waals surface area contributed by atoms with E-state index in [1.54, 1.807) is 17.0 Å². The van der Waals surface area contributed by atoms with Gasteiger partial charge in [-0.25, -0.2) is 9.37 Å². The Labute approximate surface area is 115 Å². The summed E-state index contributed by atoms with van der Waals surface area (Å²) in [4.78, 5) is 14.6. The Bertz CT molecular complexity index is 612. The molecule has 1 aromatic carbocycles. The van der Waals surface area contributed by atoms with E-state index in [2.05, 4.69) is 10.3 Å². The number of nitro benzene ring substituents is 1. The lowest BCUT2D eigenvalue weighted by Crippen LogP contribution is -2.16. The summed E-state index contributed by atoms with van der Waals surface area (Å²) in [6, 6.07) is 3.47. The highest BCUT2D eigenvalue weighted by molar-refractivity contribution is 5.40. The highest BCUT2D eigenvalue weighted by Gasteiger charge is 2.15. The minimum absolute atomic E-state index is 0.0884. The second kappa shape index (κ2) is 6.25. The molecule has 1 aromatic heterocycles. The van der Waals surface area contributed by atoms with E-state index in [9.17, 15) is 14.5 Å². The number of nitrogens with zero attached hydrogens (tertiary/aromatic N) is 3. The summed E-state index contributed by atoms with van der Waals surface area (Å²) < 4.78 is 15.1. The first-order valence-corrected chi connectivity index (χ1v) is 6.25. The van der Waals surface area contributed by atoms with E-state index in [4.69, 9.17) is 0 Å². The zero-order valence-corrected chi connectivity index (χ0v) is 11.0. The second-order valence-corrected chi connectivity index (χ2v) is 4.28. The Morgan fingerprint density at radius 2 is 2.30 bits per heavy atom. The number of nitrogens with one attached hydrogen (secondary N) is 1. The predicted molar refractivity (Wildman–Crippen MR) is 71.8 cm³/mol. The summed E-state index contributed by atoms with van der Waals surface area (Å²) >= 11 is 0. The first-order chi connectivity index (χ1) is 9.61. The lowest BCUT2D eigenvalue weighted by Gasteiger charge is -2.09. The molecule has 20 heavy (non-hydrogen) atoms. The van der Waals surface area contributed by atoms with Gasteiger partial charge < -0.3 is 9.88 Å². The van der Waals surface area contributed by atoms with Gasteiger partial charge in [0.2, 0.25) is 0 Å². The molecule has 2 aromatic rings. The van der Waals surface area contributed by atoms with E-state index < -0.39 is 10.7 Å². The summed E-state index contributed by atoms with van der Waals surface area (Å²) in [6.45, 7) is 3.55. The molecule has 6 nitrogen and oxygen atoms in total. The molecular weight excluding hydrogens is 263 g/mol. The van der Waals surface area contributed by atoms with E-state index in [1.807, 2.05) is 6.92 Å². The Hall–Kier alpha value is -2.28. The second-order valence-electron chi connectivity index (χ2n) is 4.28. The van der Waals surface area contributed by atoms with Gasteiger partial charge in [-0.2, -0.15) is 0 Å². The molecule has 1 N–H and O–H groups in total. The van der Waals surface area contributed by atoms with Crippen molar-refractivity contribution in [3.05, 3.63) is 57.9 Å². The molecule has 0 bridgehead atoms. The third-order valence-electron chi connectivity index (χ3n) is 2.91. The van der Waals surface area contributed by atoms with Crippen LogP contribution in [0, 0.1) is 15.9 Å². The maximum Gasteiger partial charge on any atom is 0.274 e. The standard InChI is InChI=1S/C13H15FN4O2/c1-2-15-8-13-16-5-6-17(13)9-10-7-11(14)3-4-12(10)18(19)20/h3-7,15H,2,8-9H2,1H3. The average Bonchev–Trinajstić information content (AvgIpc) is 2.83. The van der Waals surface area contributed by atoms with Crippen LogP contribution in [-0.2, 0) is 13.1 Å². The molecule has 0 aliphatic heterocycles. The molecule has 106 valence electrons. The minimum Gasteiger partial charge on any atom is -0.329 e. The molecule has 0 unspecified atom stereocenters. The van der Waals surface area contributed by atoms with E-state index in [0.29, 0.717) is 12.1 Å². The van der Waals surface area contributed by atoms with Gasteiger partial charge in [0.05, 0.1) is 23.6 Å². The largest absolute Gasteiger partial charge is 0.329 e. The normalized spacial score (nSPS) is 10.7. The van der Waals surface area contributed by atoms with Crippen molar-refractivity contribution in [2.75, 3.05) is 6.54 Å². The quantitative estimate of drug-likeness (QED) is 0.648. The predicted octanol–water partition coefficient (Wildman–Crippen LogP) is 2.09. The van der Waals surface area contributed by atoms with Crippen molar-refractivity contribution in [3.63, 3.8) is 0 Å². The zero-order valence-electron chi connectivity index (χ0n) is 11.0. The van der Waals surface area contributed by atoms with Gasteiger partial charge in [-0.1, -0.05) is 6.92 Å². The van der Waals surface area contributed by atoms with Gasteiger partial charge in [0.15, 0.2) is 0 Å². The molecule has 0 aliphatic rings. The van der Waals surface area contributed by atoms with Crippen LogP contribution in [0.15, 0.2) is 30.6 Å². The van der Waals surface area contributed by atoms with Gasteiger partial charge in [0, 0.05) is 18.5 Å². The van der Waals surface area contributed by atoms with E-state index >= 15 is 0 Å². The maximum absolute atomic E-state index is 13.3. The molecule has 7 heteroatoms. The van der Waals surface area contributed by atoms with Crippen LogP contribution in [0.2, 0.25) is 0 Å². The number of rotatable bonds is 6. The highest BCUT2D eigenvalue weighted by Crippen LogP contribution is 2.21. The van der Waals surface area contributed by atoms with Crippen LogP contribution in [0.5, 0.6) is 0 Å². The lowest BCUT2D eigenvalue weighted by molar-refractivity contribution is -0.385. The SMILES string of the molecule is CCNCc1nccn1Cc1cc(F)ccc1[N+](=O)[O-]. The number of imidazole rings is 1. The van der Waals surface area contributed by atoms with Crippen LogP contribution in [0.1, 0.15) is 18.3 Å². The first kappa shape index (κ1) is 14.1. The third-order valence-corrected chi connectivity index (χ3v) is 2.91. The van der Waals surface area contributed by atoms with Gasteiger partial charge >= 0.3 is 0 Å². The van der Waals surface area contributed by atoms with Crippen molar-refractivity contribution in [2.24, 2.45) is 0 Å². The van der Waals surface area contributed by atoms with Crippen molar-refractivity contribution < 1.29 is 9.31 Å². The number of halogens is 1. The third kappa shape index (κ3) is 3.18. The fourth-order valence-electron chi connectivity index (χ4n) is 1.93. The number of hydrogen-bond donors (Lipinski definition) is 1. The molecule has 2 rings (SSSR count). The molecule has 0 fully saturated rings. The summed E-state index contributed by atoms with van der Waals surface area (Å²) in [7, 11) is 0. The van der Waals surface area contributed by atoms with Crippen molar-refractivity contribution in [1.29, 1.82) is 0 Å². The summed E-state index contributed by atoms with van der Waals surface area (Å²) in [6.07, 6.45) is 3.35. The molecule has 0 atom stereocenters. The number of aromatic nitrogens is 2. The molecule has 0 saturated carbocycles. The number of hydrogen-bond acceptors (Lipinski definition) is 4. The molecule has 0 radical (unpaired) electrons. The Morgan fingerprint density at radius 3 is 3.00 bits per heavy atom. The van der Waals surface area contributed by atoms with Gasteiger partial charge in [-0.15, -0.1) is 0 Å². The Balaban J connectivity index is 2.28. The fraction of sp³-hybridized carbons (Fsp3) is 0.308. The van der Waals surface area contributed by atoms with Crippen LogP contribution in [0.4, 0.5) is 10.1 Å². The maximum atomic E-state index is 13.3. The van der Waals surface area contributed by atoms with Crippen LogP contribution in [0.3, 0.4) is 0 Å². The van der Waals surface area contributed by atoms with E-state index in [-0.39, 0.29) is 12.2 Å².